The molecule has 1 amide bonds. The van der Waals surface area contributed by atoms with Crippen molar-refractivity contribution in [3.8, 4) is 0 Å². The summed E-state index contributed by atoms with van der Waals surface area (Å²) in [7, 11) is 0. The number of nitrogens with one attached hydrogen (secondary N) is 1. The first-order chi connectivity index (χ1) is 19.7. The molecule has 0 spiro atoms. The number of hydrogen-bond acceptors (Lipinski definition) is 7. The third-order valence-electron chi connectivity index (χ3n) is 7.94. The molecule has 1 aliphatic heterocycles. The molecular weight excluding hydrogens is 534 g/mol. The molecule has 234 valence electrons. The number of aliphatic hydroxyl groups is 1. The molecule has 8 heteroatoms. The summed E-state index contributed by atoms with van der Waals surface area (Å²) in [6.07, 6.45) is 9.05. The van der Waals surface area contributed by atoms with Crippen LogP contribution in [0, 0.1) is 23.7 Å². The Bertz CT molecular complexity index is 1070. The smallest absolute Gasteiger partial charge is 0.333 e. The van der Waals surface area contributed by atoms with E-state index in [-0.39, 0.29) is 42.2 Å². The number of aliphatic hydroxyl groups excluding tert-OH is 1. The number of allylic oxidation sites excluding steroid dienone is 4. The lowest BCUT2D eigenvalue weighted by atomic mass is 9.87. The van der Waals surface area contributed by atoms with Crippen LogP contribution < -0.4 is 5.32 Å². The molecule has 0 saturated heterocycles. The summed E-state index contributed by atoms with van der Waals surface area (Å²) in [5, 5.41) is 13.6. The van der Waals surface area contributed by atoms with Gasteiger partial charge in [0.2, 0.25) is 5.91 Å². The van der Waals surface area contributed by atoms with Crippen molar-refractivity contribution in [3.05, 3.63) is 48.1 Å². The molecule has 0 bridgehead atoms. The number of ketones is 3. The number of ether oxygens (including phenoxy) is 1. The number of Topliss-reactive ketones (excluding diaryl/α,β-unsaturated/α-hetero) is 3. The molecule has 0 saturated carbocycles. The van der Waals surface area contributed by atoms with Gasteiger partial charge >= 0.3 is 5.97 Å². The predicted molar refractivity (Wildman–Crippen MR) is 164 cm³/mol. The predicted octanol–water partition coefficient (Wildman–Crippen LogP) is 5.39. The molecule has 42 heavy (non-hydrogen) atoms. The van der Waals surface area contributed by atoms with Crippen LogP contribution in [0.15, 0.2) is 48.1 Å². The highest BCUT2D eigenvalue weighted by atomic mass is 16.5. The number of hydrogen-bond donors (Lipinski definition) is 2. The second-order valence-corrected chi connectivity index (χ2v) is 11.9. The summed E-state index contributed by atoms with van der Waals surface area (Å²) in [6.45, 7) is 15.9. The zero-order valence-corrected chi connectivity index (χ0v) is 26.5. The first-order valence-electron chi connectivity index (χ1n) is 15.1. The molecule has 2 N–H and O–H groups in total. The Balaban J connectivity index is 3.16. The van der Waals surface area contributed by atoms with Crippen LogP contribution in [0.25, 0.3) is 0 Å². The topological polar surface area (TPSA) is 127 Å². The third kappa shape index (κ3) is 13.2. The molecule has 0 aromatic heterocycles. The molecule has 0 radical (unpaired) electrons. The van der Waals surface area contributed by atoms with Gasteiger partial charge in [-0.15, -0.1) is 0 Å². The fourth-order valence-corrected chi connectivity index (χ4v) is 4.76. The Kier molecular flexibility index (Phi) is 16.2. The van der Waals surface area contributed by atoms with Gasteiger partial charge in [-0.05, 0) is 64.0 Å². The van der Waals surface area contributed by atoms with E-state index < -0.39 is 41.8 Å². The van der Waals surface area contributed by atoms with Crippen LogP contribution in [0.5, 0.6) is 0 Å². The number of esters is 1. The highest BCUT2D eigenvalue weighted by Crippen LogP contribution is 2.22. The average molecular weight is 586 g/mol. The Hall–Kier alpha value is -3.13. The number of rotatable bonds is 7. The second-order valence-electron chi connectivity index (χ2n) is 11.9. The first-order valence-corrected chi connectivity index (χ1v) is 15.1. The van der Waals surface area contributed by atoms with E-state index in [4.69, 9.17) is 4.74 Å². The zero-order chi connectivity index (χ0) is 32.0. The molecule has 2 unspecified atom stereocenters. The van der Waals surface area contributed by atoms with Gasteiger partial charge in [0.05, 0.1) is 12.5 Å². The van der Waals surface area contributed by atoms with Crippen molar-refractivity contribution in [1.82, 2.24) is 5.32 Å². The summed E-state index contributed by atoms with van der Waals surface area (Å²) < 4.78 is 5.80. The third-order valence-corrected chi connectivity index (χ3v) is 7.94. The standard InChI is InChI=1S/C34H51NO7/c1-9-10-22(3)29(36)17-12-21(2)11-15-28-16-13-23(4)31(38)20-32(39)35-26(7)14-18-30(37)27(8)33(40)24(5)19-25(6)34(41)42-28/h9-11,15,19,21,23-24,26-28,33,40H,1,12-14,16-18,20H2,2-8H3,(H,35,39)/b15-11+,22-10+,25-19-/t21-,23+,24+,26?,27+,28?,33+/m1/s1. The van der Waals surface area contributed by atoms with Crippen molar-refractivity contribution >= 4 is 29.2 Å². The van der Waals surface area contributed by atoms with Crippen LogP contribution in [-0.4, -0.2) is 52.6 Å². The number of amides is 1. The molecule has 1 rings (SSSR count). The SMILES string of the molecule is C=C/C=C(\C)C(=O)CC[C@H](C)/C=C/C1CC[C@H](C)C(=O)CC(=O)NC(C)CCC(=O)[C@H](C)[C@@H](O)[C@@H](C)/C=C(/C)C(=O)O1. The first kappa shape index (κ1) is 36.9. The van der Waals surface area contributed by atoms with Crippen LogP contribution in [0.2, 0.25) is 0 Å². The Morgan fingerprint density at radius 3 is 2.43 bits per heavy atom. The van der Waals surface area contributed by atoms with Crippen LogP contribution >= 0.6 is 0 Å². The maximum atomic E-state index is 13.0. The van der Waals surface area contributed by atoms with Gasteiger partial charge in [0.1, 0.15) is 17.7 Å². The highest BCUT2D eigenvalue weighted by Gasteiger charge is 2.27. The van der Waals surface area contributed by atoms with Gasteiger partial charge in [-0.3, -0.25) is 19.2 Å². The minimum atomic E-state index is -0.991. The Labute approximate surface area is 251 Å². The monoisotopic (exact) mass is 585 g/mol. The molecule has 1 aliphatic rings. The van der Waals surface area contributed by atoms with E-state index in [0.29, 0.717) is 43.3 Å². The maximum absolute atomic E-state index is 13.0. The van der Waals surface area contributed by atoms with Crippen molar-refractivity contribution in [2.24, 2.45) is 23.7 Å². The van der Waals surface area contributed by atoms with Crippen LogP contribution in [-0.2, 0) is 28.7 Å². The van der Waals surface area contributed by atoms with E-state index >= 15 is 0 Å². The van der Waals surface area contributed by atoms with Gasteiger partial charge in [0.15, 0.2) is 5.78 Å². The summed E-state index contributed by atoms with van der Waals surface area (Å²) in [5.74, 6) is -2.77. The van der Waals surface area contributed by atoms with Gasteiger partial charge in [0.25, 0.3) is 0 Å². The lowest BCUT2D eigenvalue weighted by Crippen LogP contribution is -2.36. The summed E-state index contributed by atoms with van der Waals surface area (Å²) in [6, 6.07) is -0.296. The van der Waals surface area contributed by atoms with Crippen molar-refractivity contribution in [3.63, 3.8) is 0 Å². The van der Waals surface area contributed by atoms with Gasteiger partial charge in [-0.2, -0.15) is 0 Å². The van der Waals surface area contributed by atoms with E-state index in [1.807, 2.05) is 13.0 Å². The Morgan fingerprint density at radius 1 is 1.12 bits per heavy atom. The van der Waals surface area contributed by atoms with Crippen LogP contribution in [0.4, 0.5) is 0 Å². The minimum Gasteiger partial charge on any atom is -0.455 e. The van der Waals surface area contributed by atoms with Gasteiger partial charge in [-0.1, -0.05) is 58.6 Å². The molecule has 0 fully saturated rings. The summed E-state index contributed by atoms with van der Waals surface area (Å²) in [4.78, 5) is 63.2. The molecule has 7 atom stereocenters. The van der Waals surface area contributed by atoms with E-state index in [1.165, 1.54) is 0 Å². The minimum absolute atomic E-state index is 0.0386. The molecular formula is C34H51NO7. The lowest BCUT2D eigenvalue weighted by molar-refractivity contribution is -0.142. The Morgan fingerprint density at radius 2 is 1.79 bits per heavy atom. The number of carbonyl (C=O) groups is 5. The second kappa shape index (κ2) is 18.4. The zero-order valence-electron chi connectivity index (χ0n) is 26.5. The summed E-state index contributed by atoms with van der Waals surface area (Å²) >= 11 is 0. The number of carbonyl (C=O) groups excluding carboxylic acids is 5. The average Bonchev–Trinajstić information content (AvgIpc) is 2.93. The van der Waals surface area contributed by atoms with E-state index in [9.17, 15) is 29.1 Å². The quantitative estimate of drug-likeness (QED) is 0.135. The molecule has 1 heterocycles. The normalized spacial score (nSPS) is 30.3. The van der Waals surface area contributed by atoms with Crippen molar-refractivity contribution in [2.75, 3.05) is 0 Å². The van der Waals surface area contributed by atoms with E-state index in [0.717, 1.165) is 0 Å². The maximum Gasteiger partial charge on any atom is 0.333 e. The molecule has 0 aliphatic carbocycles. The van der Waals surface area contributed by atoms with Gasteiger partial charge in [-0.25, -0.2) is 4.79 Å². The van der Waals surface area contributed by atoms with Gasteiger partial charge in [0, 0.05) is 42.2 Å². The van der Waals surface area contributed by atoms with E-state index in [1.54, 1.807) is 65.8 Å². The number of cyclic esters (lactones) is 1. The lowest BCUT2D eigenvalue weighted by Gasteiger charge is -2.23. The fourth-order valence-electron chi connectivity index (χ4n) is 4.76. The van der Waals surface area contributed by atoms with Crippen molar-refractivity contribution in [1.29, 1.82) is 0 Å². The van der Waals surface area contributed by atoms with Gasteiger partial charge < -0.3 is 15.2 Å². The highest BCUT2D eigenvalue weighted by molar-refractivity contribution is 5.99. The largest absolute Gasteiger partial charge is 0.455 e. The van der Waals surface area contributed by atoms with Crippen molar-refractivity contribution in [2.45, 2.75) is 112 Å². The molecule has 0 aromatic carbocycles. The van der Waals surface area contributed by atoms with Crippen molar-refractivity contribution < 1.29 is 33.8 Å². The fraction of sp³-hybridized carbons (Fsp3) is 0.618. The van der Waals surface area contributed by atoms with E-state index in [2.05, 4.69) is 11.9 Å². The summed E-state index contributed by atoms with van der Waals surface area (Å²) in [5.41, 5.74) is 0.963. The van der Waals surface area contributed by atoms with Crippen LogP contribution in [0.1, 0.15) is 93.4 Å². The molecule has 0 aromatic rings. The van der Waals surface area contributed by atoms with Crippen LogP contribution in [0.3, 0.4) is 0 Å². The molecule has 8 nitrogen and oxygen atoms in total.